The maximum Gasteiger partial charge on any atom is 0.416 e. The lowest BCUT2D eigenvalue weighted by atomic mass is 10.0. The topological polar surface area (TPSA) is 61.4 Å². The summed E-state index contributed by atoms with van der Waals surface area (Å²) >= 11 is 0. The zero-order chi connectivity index (χ0) is 23.3. The van der Waals surface area contributed by atoms with Crippen molar-refractivity contribution in [3.05, 3.63) is 76.6 Å². The molecule has 0 aliphatic carbocycles. The normalized spacial score (nSPS) is 12.2. The maximum absolute atomic E-state index is 12.9. The third-order valence-corrected chi connectivity index (χ3v) is 5.97. The molecule has 168 valence electrons. The zero-order valence-corrected chi connectivity index (χ0v) is 18.4. The largest absolute Gasteiger partial charge is 0.416 e. The molecule has 3 aromatic heterocycles. The van der Waals surface area contributed by atoms with Crippen molar-refractivity contribution in [3.63, 3.8) is 0 Å². The molecule has 0 fully saturated rings. The lowest BCUT2D eigenvalue weighted by molar-refractivity contribution is -0.137. The quantitative estimate of drug-likeness (QED) is 0.367. The van der Waals surface area contributed by atoms with Crippen LogP contribution in [0.5, 0.6) is 0 Å². The summed E-state index contributed by atoms with van der Waals surface area (Å²) in [6.07, 6.45) is -3.89. The van der Waals surface area contributed by atoms with Crippen molar-refractivity contribution in [1.29, 1.82) is 0 Å². The van der Waals surface area contributed by atoms with Crippen LogP contribution < -0.4 is 0 Å². The number of rotatable bonds is 4. The van der Waals surface area contributed by atoms with E-state index < -0.39 is 11.7 Å². The molecule has 5 aromatic rings. The van der Waals surface area contributed by atoms with E-state index in [-0.39, 0.29) is 0 Å². The van der Waals surface area contributed by atoms with E-state index in [9.17, 15) is 13.2 Å². The van der Waals surface area contributed by atoms with E-state index in [1.165, 1.54) is 12.1 Å². The van der Waals surface area contributed by atoms with Gasteiger partial charge in [0.25, 0.3) is 5.95 Å². The van der Waals surface area contributed by atoms with E-state index in [4.69, 9.17) is 4.98 Å². The minimum Gasteiger partial charge on any atom is -0.324 e. The third-order valence-electron chi connectivity index (χ3n) is 5.97. The fraction of sp³-hybridized carbons (Fsp3) is 0.250. The Balaban J connectivity index is 1.54. The number of aromatic nitrogens is 6. The molecule has 0 saturated carbocycles. The van der Waals surface area contributed by atoms with Crippen LogP contribution in [0.25, 0.3) is 28.0 Å². The van der Waals surface area contributed by atoms with Gasteiger partial charge in [-0.25, -0.2) is 4.68 Å². The van der Waals surface area contributed by atoms with Crippen molar-refractivity contribution in [2.75, 3.05) is 0 Å². The summed E-state index contributed by atoms with van der Waals surface area (Å²) in [5, 5.41) is 14.4. The molecule has 0 spiro atoms. The predicted molar refractivity (Wildman–Crippen MR) is 119 cm³/mol. The molecule has 0 amide bonds. The molecule has 5 rings (SSSR count). The average molecular weight is 450 g/mol. The van der Waals surface area contributed by atoms with E-state index in [1.54, 1.807) is 4.68 Å². The minimum absolute atomic E-state index is 0.360. The van der Waals surface area contributed by atoms with Crippen LogP contribution in [0.2, 0.25) is 0 Å². The van der Waals surface area contributed by atoms with Crippen molar-refractivity contribution >= 4 is 22.1 Å². The van der Waals surface area contributed by atoms with Gasteiger partial charge in [0.05, 0.1) is 16.8 Å². The molecular weight excluding hydrogens is 429 g/mol. The summed E-state index contributed by atoms with van der Waals surface area (Å²) in [5.41, 5.74) is 5.16. The van der Waals surface area contributed by atoms with Crippen molar-refractivity contribution in [1.82, 2.24) is 29.5 Å². The van der Waals surface area contributed by atoms with E-state index in [2.05, 4.69) is 26.8 Å². The molecular formula is C24H21F3N6. The number of alkyl halides is 3. The molecule has 0 radical (unpaired) electrons. The molecule has 0 saturated heterocycles. The monoisotopic (exact) mass is 450 g/mol. The van der Waals surface area contributed by atoms with Crippen LogP contribution in [0.4, 0.5) is 13.2 Å². The van der Waals surface area contributed by atoms with Gasteiger partial charge in [0, 0.05) is 29.6 Å². The van der Waals surface area contributed by atoms with Crippen LogP contribution in [0.1, 0.15) is 35.0 Å². The number of fused-ring (bicyclic) bond motifs is 3. The van der Waals surface area contributed by atoms with Gasteiger partial charge in [-0.3, -0.25) is 0 Å². The van der Waals surface area contributed by atoms with Gasteiger partial charge < -0.3 is 4.57 Å². The van der Waals surface area contributed by atoms with Crippen LogP contribution >= 0.6 is 0 Å². The van der Waals surface area contributed by atoms with Crippen LogP contribution in [0, 0.1) is 13.8 Å². The number of aryl methyl sites for hydroxylation is 2. The highest BCUT2D eigenvalue weighted by atomic mass is 19.4. The van der Waals surface area contributed by atoms with Gasteiger partial charge >= 0.3 is 6.18 Å². The second-order valence-electron chi connectivity index (χ2n) is 7.98. The SMILES string of the molecule is CCn1c2ccccc2c2nnc(-n3nc(C)c(Cc4ccc(C(F)(F)F)cc4)c3C)nc21. The Hall–Kier alpha value is -3.75. The van der Waals surface area contributed by atoms with Crippen molar-refractivity contribution in [2.45, 2.75) is 39.9 Å². The highest BCUT2D eigenvalue weighted by Gasteiger charge is 2.30. The van der Waals surface area contributed by atoms with Crippen LogP contribution in [0.15, 0.2) is 48.5 Å². The van der Waals surface area contributed by atoms with Gasteiger partial charge in [-0.05, 0) is 44.5 Å². The summed E-state index contributed by atoms with van der Waals surface area (Å²) in [4.78, 5) is 4.78. The van der Waals surface area contributed by atoms with Crippen LogP contribution in [0.3, 0.4) is 0 Å². The summed E-state index contributed by atoms with van der Waals surface area (Å²) < 4.78 is 42.3. The minimum atomic E-state index is -4.35. The fourth-order valence-corrected chi connectivity index (χ4v) is 4.25. The van der Waals surface area contributed by atoms with Crippen molar-refractivity contribution in [2.24, 2.45) is 0 Å². The Kier molecular flexibility index (Phi) is 4.92. The predicted octanol–water partition coefficient (Wildman–Crippen LogP) is 5.41. The highest BCUT2D eigenvalue weighted by Crippen LogP contribution is 2.30. The van der Waals surface area contributed by atoms with Gasteiger partial charge in [-0.1, -0.05) is 30.3 Å². The summed E-state index contributed by atoms with van der Waals surface area (Å²) in [7, 11) is 0. The second kappa shape index (κ2) is 7.68. The Morgan fingerprint density at radius 3 is 2.36 bits per heavy atom. The van der Waals surface area contributed by atoms with Gasteiger partial charge in [-0.2, -0.15) is 23.3 Å². The Bertz CT molecular complexity index is 1480. The first kappa shape index (κ1) is 21.1. The fourth-order valence-electron chi connectivity index (χ4n) is 4.25. The van der Waals surface area contributed by atoms with Gasteiger partial charge in [0.2, 0.25) is 0 Å². The van der Waals surface area contributed by atoms with E-state index in [0.29, 0.717) is 12.4 Å². The zero-order valence-electron chi connectivity index (χ0n) is 18.4. The Morgan fingerprint density at radius 2 is 1.67 bits per heavy atom. The number of hydrogen-bond acceptors (Lipinski definition) is 4. The molecule has 0 aliphatic rings. The number of hydrogen-bond donors (Lipinski definition) is 0. The molecule has 33 heavy (non-hydrogen) atoms. The van der Waals surface area contributed by atoms with E-state index in [0.717, 1.165) is 63.3 Å². The van der Waals surface area contributed by atoms with Gasteiger partial charge in [-0.15, -0.1) is 10.2 Å². The first-order valence-electron chi connectivity index (χ1n) is 10.6. The molecule has 0 atom stereocenters. The standard InChI is InChI=1S/C24H21F3N6/c1-4-32-20-8-6-5-7-18(20)21-22(32)28-23(30-29-21)33-15(3)19(14(2)31-33)13-16-9-11-17(12-10-16)24(25,26)27/h5-12H,4,13H2,1-3H3. The first-order valence-corrected chi connectivity index (χ1v) is 10.6. The summed E-state index contributed by atoms with van der Waals surface area (Å²) in [5.74, 6) is 0.360. The third kappa shape index (κ3) is 3.53. The first-order chi connectivity index (χ1) is 15.8. The number of para-hydroxylation sites is 1. The Labute approximate surface area is 187 Å². The molecule has 0 aliphatic heterocycles. The van der Waals surface area contributed by atoms with Crippen molar-refractivity contribution in [3.8, 4) is 5.95 Å². The molecule has 2 aromatic carbocycles. The van der Waals surface area contributed by atoms with Crippen molar-refractivity contribution < 1.29 is 13.2 Å². The average Bonchev–Trinajstić information content (AvgIpc) is 3.27. The second-order valence-corrected chi connectivity index (χ2v) is 7.98. The van der Waals surface area contributed by atoms with Gasteiger partial charge in [0.1, 0.15) is 5.52 Å². The molecule has 0 bridgehead atoms. The van der Waals surface area contributed by atoms with E-state index >= 15 is 0 Å². The lowest BCUT2D eigenvalue weighted by Gasteiger charge is -2.08. The van der Waals surface area contributed by atoms with Crippen LogP contribution in [-0.2, 0) is 19.1 Å². The maximum atomic E-state index is 12.9. The molecule has 0 unspecified atom stereocenters. The van der Waals surface area contributed by atoms with Crippen LogP contribution in [-0.4, -0.2) is 29.5 Å². The Morgan fingerprint density at radius 1 is 0.939 bits per heavy atom. The highest BCUT2D eigenvalue weighted by molar-refractivity contribution is 6.04. The molecule has 9 heteroatoms. The summed E-state index contributed by atoms with van der Waals surface area (Å²) in [6.45, 7) is 6.57. The molecule has 0 N–H and O–H groups in total. The lowest BCUT2D eigenvalue weighted by Crippen LogP contribution is -2.08. The van der Waals surface area contributed by atoms with E-state index in [1.807, 2.05) is 38.1 Å². The number of nitrogens with zero attached hydrogens (tertiary/aromatic N) is 6. The molecule has 3 heterocycles. The molecule has 6 nitrogen and oxygen atoms in total. The summed E-state index contributed by atoms with van der Waals surface area (Å²) in [6, 6.07) is 13.2. The number of halogens is 3. The number of benzene rings is 2. The van der Waals surface area contributed by atoms with Gasteiger partial charge in [0.15, 0.2) is 5.65 Å². The smallest absolute Gasteiger partial charge is 0.324 e.